The van der Waals surface area contributed by atoms with E-state index in [0.29, 0.717) is 22.6 Å². The maximum Gasteiger partial charge on any atom is 0.238 e. The van der Waals surface area contributed by atoms with Crippen LogP contribution in [0.15, 0.2) is 41.3 Å². The van der Waals surface area contributed by atoms with Gasteiger partial charge in [-0.3, -0.25) is 0 Å². The fourth-order valence-corrected chi connectivity index (χ4v) is 2.27. The Labute approximate surface area is 116 Å². The summed E-state index contributed by atoms with van der Waals surface area (Å²) < 4.78 is 35.7. The molecule has 20 heavy (non-hydrogen) atoms. The SMILES string of the molecule is Cc1cc(F)ccc1Nc1cc(S(N)(=O)=O)ccc1N. The Balaban J connectivity index is 2.43. The van der Waals surface area contributed by atoms with E-state index < -0.39 is 10.0 Å². The summed E-state index contributed by atoms with van der Waals surface area (Å²) in [6, 6.07) is 8.33. The first kappa shape index (κ1) is 14.3. The number of primary sulfonamides is 1. The van der Waals surface area contributed by atoms with Gasteiger partial charge in [0, 0.05) is 5.69 Å². The predicted molar refractivity (Wildman–Crippen MR) is 76.6 cm³/mol. The van der Waals surface area contributed by atoms with Gasteiger partial charge in [-0.05, 0) is 48.9 Å². The van der Waals surface area contributed by atoms with Crippen LogP contribution in [0.3, 0.4) is 0 Å². The highest BCUT2D eigenvalue weighted by Gasteiger charge is 2.11. The number of anilines is 3. The van der Waals surface area contributed by atoms with Crippen molar-refractivity contribution >= 4 is 27.1 Å². The summed E-state index contributed by atoms with van der Waals surface area (Å²) >= 11 is 0. The lowest BCUT2D eigenvalue weighted by atomic mass is 10.2. The van der Waals surface area contributed by atoms with Gasteiger partial charge >= 0.3 is 0 Å². The van der Waals surface area contributed by atoms with Crippen LogP contribution in [0, 0.1) is 12.7 Å². The molecule has 0 radical (unpaired) electrons. The molecule has 0 aliphatic carbocycles. The van der Waals surface area contributed by atoms with Crippen molar-refractivity contribution in [2.45, 2.75) is 11.8 Å². The minimum Gasteiger partial charge on any atom is -0.397 e. The minimum atomic E-state index is -3.81. The zero-order chi connectivity index (χ0) is 14.9. The highest BCUT2D eigenvalue weighted by molar-refractivity contribution is 7.89. The van der Waals surface area contributed by atoms with Crippen LogP contribution in [-0.2, 0) is 10.0 Å². The molecule has 0 fully saturated rings. The van der Waals surface area contributed by atoms with Crippen LogP contribution in [-0.4, -0.2) is 8.42 Å². The number of aryl methyl sites for hydroxylation is 1. The molecule has 0 atom stereocenters. The number of sulfonamides is 1. The summed E-state index contributed by atoms with van der Waals surface area (Å²) in [6.07, 6.45) is 0. The smallest absolute Gasteiger partial charge is 0.238 e. The van der Waals surface area contributed by atoms with Crippen molar-refractivity contribution in [3.63, 3.8) is 0 Å². The van der Waals surface area contributed by atoms with Gasteiger partial charge in [-0.15, -0.1) is 0 Å². The Morgan fingerprint density at radius 2 is 1.80 bits per heavy atom. The Hall–Kier alpha value is -2.12. The van der Waals surface area contributed by atoms with Crippen LogP contribution in [0.25, 0.3) is 0 Å². The standard InChI is InChI=1S/C13H14FN3O2S/c1-8-6-9(14)2-5-12(8)17-13-7-10(20(16,18)19)3-4-11(13)15/h2-7,17H,15H2,1H3,(H2,16,18,19). The highest BCUT2D eigenvalue weighted by atomic mass is 32.2. The maximum atomic E-state index is 13.0. The number of hydrogen-bond donors (Lipinski definition) is 3. The molecular weight excluding hydrogens is 281 g/mol. The van der Waals surface area contributed by atoms with Crippen molar-refractivity contribution in [3.8, 4) is 0 Å². The van der Waals surface area contributed by atoms with Gasteiger partial charge in [0.2, 0.25) is 10.0 Å². The van der Waals surface area contributed by atoms with Crippen LogP contribution < -0.4 is 16.2 Å². The lowest BCUT2D eigenvalue weighted by Crippen LogP contribution is -2.12. The number of rotatable bonds is 3. The molecule has 0 bridgehead atoms. The van der Waals surface area contributed by atoms with Crippen molar-refractivity contribution in [3.05, 3.63) is 47.8 Å². The van der Waals surface area contributed by atoms with Crippen molar-refractivity contribution in [2.75, 3.05) is 11.1 Å². The van der Waals surface area contributed by atoms with Gasteiger partial charge in [0.15, 0.2) is 0 Å². The van der Waals surface area contributed by atoms with Crippen LogP contribution in [0.2, 0.25) is 0 Å². The van der Waals surface area contributed by atoms with Crippen molar-refractivity contribution in [1.82, 2.24) is 0 Å². The number of nitrogens with two attached hydrogens (primary N) is 2. The van der Waals surface area contributed by atoms with E-state index >= 15 is 0 Å². The summed E-state index contributed by atoms with van der Waals surface area (Å²) in [6.45, 7) is 1.73. The Kier molecular flexibility index (Phi) is 3.65. The zero-order valence-corrected chi connectivity index (χ0v) is 11.5. The normalized spacial score (nSPS) is 11.3. The fraction of sp³-hybridized carbons (Fsp3) is 0.0769. The molecule has 0 saturated carbocycles. The first-order valence-electron chi connectivity index (χ1n) is 5.73. The second-order valence-corrected chi connectivity index (χ2v) is 5.94. The van der Waals surface area contributed by atoms with E-state index in [-0.39, 0.29) is 10.7 Å². The molecule has 2 rings (SSSR count). The molecule has 7 heteroatoms. The van der Waals surface area contributed by atoms with Gasteiger partial charge in [-0.25, -0.2) is 17.9 Å². The van der Waals surface area contributed by atoms with E-state index in [1.165, 1.54) is 30.3 Å². The van der Waals surface area contributed by atoms with E-state index in [2.05, 4.69) is 5.32 Å². The molecule has 2 aromatic rings. The Morgan fingerprint density at radius 3 is 2.40 bits per heavy atom. The third kappa shape index (κ3) is 3.06. The average molecular weight is 295 g/mol. The van der Waals surface area contributed by atoms with Gasteiger partial charge in [-0.2, -0.15) is 0 Å². The van der Waals surface area contributed by atoms with Crippen molar-refractivity contribution in [1.29, 1.82) is 0 Å². The first-order valence-corrected chi connectivity index (χ1v) is 7.27. The Morgan fingerprint density at radius 1 is 1.10 bits per heavy atom. The molecule has 0 amide bonds. The van der Waals surface area contributed by atoms with E-state index in [1.807, 2.05) is 0 Å². The zero-order valence-electron chi connectivity index (χ0n) is 10.7. The molecule has 0 aliphatic heterocycles. The number of nitrogen functional groups attached to an aromatic ring is 1. The number of nitrogens with one attached hydrogen (secondary N) is 1. The third-order valence-electron chi connectivity index (χ3n) is 2.81. The summed E-state index contributed by atoms with van der Waals surface area (Å²) in [4.78, 5) is -0.0473. The second-order valence-electron chi connectivity index (χ2n) is 4.38. The summed E-state index contributed by atoms with van der Waals surface area (Å²) in [5.41, 5.74) is 7.85. The van der Waals surface area contributed by atoms with Gasteiger partial charge in [-0.1, -0.05) is 0 Å². The molecule has 0 saturated heterocycles. The molecule has 0 aromatic heterocycles. The topological polar surface area (TPSA) is 98.2 Å². The van der Waals surface area contributed by atoms with E-state index in [4.69, 9.17) is 10.9 Å². The van der Waals surface area contributed by atoms with E-state index in [0.717, 1.165) is 0 Å². The summed E-state index contributed by atoms with van der Waals surface area (Å²) in [7, 11) is -3.81. The molecule has 5 N–H and O–H groups in total. The van der Waals surface area contributed by atoms with Crippen LogP contribution in [0.5, 0.6) is 0 Å². The van der Waals surface area contributed by atoms with Gasteiger partial charge < -0.3 is 11.1 Å². The maximum absolute atomic E-state index is 13.0. The van der Waals surface area contributed by atoms with Crippen molar-refractivity contribution < 1.29 is 12.8 Å². The quantitative estimate of drug-likeness (QED) is 0.755. The molecule has 0 aliphatic rings. The fourth-order valence-electron chi connectivity index (χ4n) is 1.73. The lowest BCUT2D eigenvalue weighted by Gasteiger charge is -2.13. The predicted octanol–water partition coefficient (Wildman–Crippen LogP) is 2.11. The largest absolute Gasteiger partial charge is 0.397 e. The van der Waals surface area contributed by atoms with Gasteiger partial charge in [0.05, 0.1) is 16.3 Å². The molecule has 0 unspecified atom stereocenters. The number of benzene rings is 2. The third-order valence-corrected chi connectivity index (χ3v) is 3.72. The van der Waals surface area contributed by atoms with E-state index in [1.54, 1.807) is 13.0 Å². The highest BCUT2D eigenvalue weighted by Crippen LogP contribution is 2.27. The molecule has 0 spiro atoms. The molecule has 2 aromatic carbocycles. The van der Waals surface area contributed by atoms with E-state index in [9.17, 15) is 12.8 Å². The Bertz CT molecular complexity index is 760. The molecule has 106 valence electrons. The first-order chi connectivity index (χ1) is 9.27. The van der Waals surface area contributed by atoms with Gasteiger partial charge in [0.1, 0.15) is 5.82 Å². The molecular formula is C13H14FN3O2S. The van der Waals surface area contributed by atoms with Crippen LogP contribution in [0.4, 0.5) is 21.5 Å². The molecule has 5 nitrogen and oxygen atoms in total. The van der Waals surface area contributed by atoms with Gasteiger partial charge in [0.25, 0.3) is 0 Å². The number of halogens is 1. The van der Waals surface area contributed by atoms with Crippen LogP contribution in [0.1, 0.15) is 5.56 Å². The summed E-state index contributed by atoms with van der Waals surface area (Å²) in [5.74, 6) is -0.348. The lowest BCUT2D eigenvalue weighted by molar-refractivity contribution is 0.598. The second kappa shape index (κ2) is 5.10. The molecule has 0 heterocycles. The average Bonchev–Trinajstić information content (AvgIpc) is 2.33. The summed E-state index contributed by atoms with van der Waals surface area (Å²) in [5, 5.41) is 8.04. The van der Waals surface area contributed by atoms with Crippen LogP contribution >= 0.6 is 0 Å². The monoisotopic (exact) mass is 295 g/mol. The minimum absolute atomic E-state index is 0.0473. The number of hydrogen-bond acceptors (Lipinski definition) is 4. The van der Waals surface area contributed by atoms with Crippen molar-refractivity contribution in [2.24, 2.45) is 5.14 Å².